The molecule has 7 heteroatoms. The van der Waals surface area contributed by atoms with Crippen LogP contribution in [0.2, 0.25) is 5.02 Å². The van der Waals surface area contributed by atoms with Crippen molar-refractivity contribution in [2.24, 2.45) is 0 Å². The number of aromatic nitrogens is 1. The van der Waals surface area contributed by atoms with E-state index < -0.39 is 6.10 Å². The van der Waals surface area contributed by atoms with E-state index in [4.69, 9.17) is 16.3 Å². The first-order valence-corrected chi connectivity index (χ1v) is 9.36. The average Bonchev–Trinajstić information content (AvgIpc) is 2.70. The Bertz CT molecular complexity index is 1020. The molecule has 0 saturated heterocycles. The summed E-state index contributed by atoms with van der Waals surface area (Å²) in [5.41, 5.74) is 1.64. The number of hydrogen-bond donors (Lipinski definition) is 2. The number of anilines is 2. The van der Waals surface area contributed by atoms with Crippen LogP contribution in [0.25, 0.3) is 0 Å². The number of rotatable bonds is 6. The van der Waals surface area contributed by atoms with Gasteiger partial charge in [-0.2, -0.15) is 0 Å². The van der Waals surface area contributed by atoms with Crippen molar-refractivity contribution in [3.8, 4) is 5.75 Å². The van der Waals surface area contributed by atoms with E-state index in [9.17, 15) is 9.59 Å². The van der Waals surface area contributed by atoms with Crippen LogP contribution in [0.5, 0.6) is 5.75 Å². The summed E-state index contributed by atoms with van der Waals surface area (Å²) in [5.74, 6) is 0.290. The van der Waals surface area contributed by atoms with Gasteiger partial charge in [0, 0.05) is 11.8 Å². The van der Waals surface area contributed by atoms with Crippen LogP contribution >= 0.6 is 11.6 Å². The van der Waals surface area contributed by atoms with Crippen LogP contribution in [0, 0.1) is 6.92 Å². The molecule has 3 aromatic rings. The minimum Gasteiger partial charge on any atom is -0.481 e. The molecule has 2 amide bonds. The standard InChI is InChI=1S/C22H20ClN3O3/c1-14-10-11-24-20(12-14)26-22(28)16-8-9-18(23)19(13-16)25-21(27)15(2)29-17-6-4-3-5-7-17/h3-13,15H,1-2H3,(H,25,27)(H,24,26,28)/t15-/m0/s1. The van der Waals surface area contributed by atoms with Crippen LogP contribution in [-0.4, -0.2) is 22.9 Å². The maximum Gasteiger partial charge on any atom is 0.265 e. The molecular weight excluding hydrogens is 390 g/mol. The summed E-state index contributed by atoms with van der Waals surface area (Å²) < 4.78 is 5.61. The molecule has 0 saturated carbocycles. The van der Waals surface area contributed by atoms with Gasteiger partial charge in [0.05, 0.1) is 10.7 Å². The molecule has 6 nitrogen and oxygen atoms in total. The third-order valence-corrected chi connectivity index (χ3v) is 4.40. The Labute approximate surface area is 173 Å². The lowest BCUT2D eigenvalue weighted by Crippen LogP contribution is -2.30. The Hall–Kier alpha value is -3.38. The number of nitrogens with one attached hydrogen (secondary N) is 2. The Kier molecular flexibility index (Phi) is 6.46. The second-order valence-corrected chi connectivity index (χ2v) is 6.84. The molecule has 1 atom stereocenters. The van der Waals surface area contributed by atoms with Crippen LogP contribution in [0.15, 0.2) is 66.9 Å². The smallest absolute Gasteiger partial charge is 0.265 e. The van der Waals surface area contributed by atoms with E-state index in [0.717, 1.165) is 5.56 Å². The van der Waals surface area contributed by atoms with Crippen LogP contribution in [0.1, 0.15) is 22.8 Å². The van der Waals surface area contributed by atoms with Gasteiger partial charge in [-0.15, -0.1) is 0 Å². The molecule has 0 spiro atoms. The first kappa shape index (κ1) is 20.4. The van der Waals surface area contributed by atoms with E-state index >= 15 is 0 Å². The third-order valence-electron chi connectivity index (χ3n) is 4.07. The van der Waals surface area contributed by atoms with Crippen molar-refractivity contribution in [2.45, 2.75) is 20.0 Å². The highest BCUT2D eigenvalue weighted by molar-refractivity contribution is 6.34. The molecule has 0 aliphatic carbocycles. The number of ether oxygens (including phenoxy) is 1. The van der Waals surface area contributed by atoms with Crippen LogP contribution < -0.4 is 15.4 Å². The number of halogens is 1. The van der Waals surface area contributed by atoms with Gasteiger partial charge in [-0.1, -0.05) is 29.8 Å². The molecule has 0 bridgehead atoms. The molecule has 148 valence electrons. The zero-order valence-corrected chi connectivity index (χ0v) is 16.7. The summed E-state index contributed by atoms with van der Waals surface area (Å²) in [5, 5.41) is 5.75. The molecule has 0 unspecified atom stereocenters. The van der Waals surface area contributed by atoms with Gasteiger partial charge in [0.25, 0.3) is 11.8 Å². The lowest BCUT2D eigenvalue weighted by Gasteiger charge is -2.16. The van der Waals surface area contributed by atoms with E-state index in [-0.39, 0.29) is 11.8 Å². The second-order valence-electron chi connectivity index (χ2n) is 6.43. The Morgan fingerprint density at radius 1 is 1.03 bits per heavy atom. The van der Waals surface area contributed by atoms with Crippen molar-refractivity contribution in [1.29, 1.82) is 0 Å². The van der Waals surface area contributed by atoms with Crippen molar-refractivity contribution in [1.82, 2.24) is 4.98 Å². The summed E-state index contributed by atoms with van der Waals surface area (Å²) in [6.07, 6.45) is 0.870. The average molecular weight is 410 g/mol. The molecule has 2 N–H and O–H groups in total. The predicted molar refractivity (Wildman–Crippen MR) is 114 cm³/mol. The van der Waals surface area contributed by atoms with Gasteiger partial charge in [0.2, 0.25) is 0 Å². The number of carbonyl (C=O) groups excluding carboxylic acids is 2. The first-order chi connectivity index (χ1) is 13.9. The summed E-state index contributed by atoms with van der Waals surface area (Å²) in [6.45, 7) is 3.54. The highest BCUT2D eigenvalue weighted by Gasteiger charge is 2.17. The fourth-order valence-corrected chi connectivity index (χ4v) is 2.71. The van der Waals surface area contributed by atoms with Gasteiger partial charge in [-0.05, 0) is 61.9 Å². The van der Waals surface area contributed by atoms with Gasteiger partial charge in [0.15, 0.2) is 6.10 Å². The highest BCUT2D eigenvalue weighted by Crippen LogP contribution is 2.24. The van der Waals surface area contributed by atoms with Crippen molar-refractivity contribution < 1.29 is 14.3 Å². The summed E-state index contributed by atoms with van der Waals surface area (Å²) >= 11 is 6.19. The van der Waals surface area contributed by atoms with E-state index in [1.54, 1.807) is 43.5 Å². The lowest BCUT2D eigenvalue weighted by molar-refractivity contribution is -0.122. The highest BCUT2D eigenvalue weighted by atomic mass is 35.5. The summed E-state index contributed by atoms with van der Waals surface area (Å²) in [6, 6.07) is 17.3. The molecule has 0 aliphatic heterocycles. The largest absolute Gasteiger partial charge is 0.481 e. The monoisotopic (exact) mass is 409 g/mol. The van der Waals surface area contributed by atoms with Crippen LogP contribution in [0.4, 0.5) is 11.5 Å². The fraction of sp³-hybridized carbons (Fsp3) is 0.136. The van der Waals surface area contributed by atoms with E-state index in [1.165, 1.54) is 6.07 Å². The topological polar surface area (TPSA) is 80.3 Å². The Morgan fingerprint density at radius 3 is 2.52 bits per heavy atom. The van der Waals surface area contributed by atoms with E-state index in [2.05, 4.69) is 15.6 Å². The fourth-order valence-electron chi connectivity index (χ4n) is 2.55. The van der Waals surface area contributed by atoms with Crippen LogP contribution in [-0.2, 0) is 4.79 Å². The third kappa shape index (κ3) is 5.56. The number of carbonyl (C=O) groups is 2. The molecule has 2 aromatic carbocycles. The number of aryl methyl sites for hydroxylation is 1. The van der Waals surface area contributed by atoms with Gasteiger partial charge >= 0.3 is 0 Å². The molecule has 1 heterocycles. The van der Waals surface area contributed by atoms with Crippen molar-refractivity contribution >= 4 is 34.9 Å². The molecule has 3 rings (SSSR count). The molecule has 0 aliphatic rings. The maximum absolute atomic E-state index is 12.5. The number of amides is 2. The molecule has 1 aromatic heterocycles. The molecule has 29 heavy (non-hydrogen) atoms. The minimum atomic E-state index is -0.748. The van der Waals surface area contributed by atoms with E-state index in [0.29, 0.717) is 27.8 Å². The van der Waals surface area contributed by atoms with Crippen molar-refractivity contribution in [3.63, 3.8) is 0 Å². The Balaban J connectivity index is 1.69. The number of hydrogen-bond acceptors (Lipinski definition) is 4. The normalized spacial score (nSPS) is 11.4. The van der Waals surface area contributed by atoms with Gasteiger partial charge in [-0.3, -0.25) is 9.59 Å². The molecular formula is C22H20ClN3O3. The summed E-state index contributed by atoms with van der Waals surface area (Å²) in [4.78, 5) is 29.1. The quantitative estimate of drug-likeness (QED) is 0.618. The number of benzene rings is 2. The van der Waals surface area contributed by atoms with Gasteiger partial charge in [-0.25, -0.2) is 4.98 Å². The SMILES string of the molecule is Cc1ccnc(NC(=O)c2ccc(Cl)c(NC(=O)[C@H](C)Oc3ccccc3)c2)c1. The van der Waals surface area contributed by atoms with E-state index in [1.807, 2.05) is 31.2 Å². The zero-order valence-electron chi connectivity index (χ0n) is 16.0. The zero-order chi connectivity index (χ0) is 20.8. The number of pyridine rings is 1. The van der Waals surface area contributed by atoms with Crippen molar-refractivity contribution in [3.05, 3.63) is 83.0 Å². The number of para-hydroxylation sites is 1. The van der Waals surface area contributed by atoms with Crippen LogP contribution in [0.3, 0.4) is 0 Å². The summed E-state index contributed by atoms with van der Waals surface area (Å²) in [7, 11) is 0. The number of nitrogens with zero attached hydrogens (tertiary/aromatic N) is 1. The predicted octanol–water partition coefficient (Wildman–Crippen LogP) is 4.70. The molecule has 0 radical (unpaired) electrons. The van der Waals surface area contributed by atoms with Gasteiger partial charge in [0.1, 0.15) is 11.6 Å². The van der Waals surface area contributed by atoms with Crippen molar-refractivity contribution in [2.75, 3.05) is 10.6 Å². The maximum atomic E-state index is 12.5. The lowest BCUT2D eigenvalue weighted by atomic mass is 10.1. The minimum absolute atomic E-state index is 0.315. The first-order valence-electron chi connectivity index (χ1n) is 8.98. The Morgan fingerprint density at radius 2 is 1.79 bits per heavy atom. The molecule has 0 fully saturated rings. The van der Waals surface area contributed by atoms with Gasteiger partial charge < -0.3 is 15.4 Å². The second kappa shape index (κ2) is 9.21.